The van der Waals surface area contributed by atoms with Crippen molar-refractivity contribution in [2.24, 2.45) is 50.2 Å². The quantitative estimate of drug-likeness (QED) is 0.381. The van der Waals surface area contributed by atoms with Crippen LogP contribution in [0.2, 0.25) is 0 Å². The summed E-state index contributed by atoms with van der Waals surface area (Å²) in [6.45, 7) is 14.8. The number of carbonyl (C=O) groups is 3. The highest BCUT2D eigenvalue weighted by Crippen LogP contribution is 2.74. The van der Waals surface area contributed by atoms with E-state index in [2.05, 4.69) is 40.7 Å². The molecule has 3 saturated carbocycles. The molecular weight excluding hydrogens is 453 g/mol. The molecule has 0 aliphatic heterocycles. The number of allylic oxidation sites excluding steroid dienone is 4. The van der Waals surface area contributed by atoms with Gasteiger partial charge in [-0.05, 0) is 79.1 Å². The van der Waals surface area contributed by atoms with Crippen LogP contribution in [0.15, 0.2) is 23.3 Å². The molecule has 36 heavy (non-hydrogen) atoms. The lowest BCUT2D eigenvalue weighted by molar-refractivity contribution is -0.183. The van der Waals surface area contributed by atoms with Crippen molar-refractivity contribution in [3.8, 4) is 6.07 Å². The minimum atomic E-state index is -1.23. The van der Waals surface area contributed by atoms with E-state index >= 15 is 0 Å². The maximum atomic E-state index is 14.9. The highest BCUT2D eigenvalue weighted by molar-refractivity contribution is 6.04. The lowest BCUT2D eigenvalue weighted by Crippen LogP contribution is -2.65. The highest BCUT2D eigenvalue weighted by Gasteiger charge is 2.70. The van der Waals surface area contributed by atoms with Gasteiger partial charge in [0.1, 0.15) is 6.07 Å². The van der Waals surface area contributed by atoms with Gasteiger partial charge in [-0.2, -0.15) is 9.65 Å². The SMILES string of the molecule is CC1(C)CC[C@]2(C(=O)F)CC[C@]3(C)C(C(=O)C=C4[C@@]5(C)C=C(C#N)C(=O)C(C)(C)[C@@H]5CC[C@]43C)C2C1. The number of ketones is 2. The van der Waals surface area contributed by atoms with E-state index in [0.717, 1.165) is 24.8 Å². The first-order valence-electron chi connectivity index (χ1n) is 13.6. The third kappa shape index (κ3) is 2.88. The number of fused-ring (bicyclic) bond motifs is 7. The van der Waals surface area contributed by atoms with Crippen LogP contribution in [0.5, 0.6) is 0 Å². The van der Waals surface area contributed by atoms with Crippen molar-refractivity contribution in [2.75, 3.05) is 0 Å². The highest BCUT2D eigenvalue weighted by atomic mass is 19.1. The smallest absolute Gasteiger partial charge is 0.295 e. The van der Waals surface area contributed by atoms with Gasteiger partial charge in [0.2, 0.25) is 0 Å². The number of hydrogen-bond acceptors (Lipinski definition) is 4. The van der Waals surface area contributed by atoms with Crippen LogP contribution in [0.25, 0.3) is 0 Å². The first kappa shape index (κ1) is 25.6. The van der Waals surface area contributed by atoms with E-state index in [9.17, 15) is 24.0 Å². The summed E-state index contributed by atoms with van der Waals surface area (Å²) in [6, 6.07) is 0.903. The van der Waals surface area contributed by atoms with E-state index in [1.54, 1.807) is 6.08 Å². The van der Waals surface area contributed by atoms with Crippen LogP contribution >= 0.6 is 0 Å². The van der Waals surface area contributed by atoms with Crippen molar-refractivity contribution >= 4 is 17.6 Å². The van der Waals surface area contributed by atoms with Crippen LogP contribution in [0, 0.1) is 61.6 Å². The summed E-state index contributed by atoms with van der Waals surface area (Å²) in [5.74, 6) is -0.833. The van der Waals surface area contributed by atoms with Crippen molar-refractivity contribution in [1.29, 1.82) is 5.26 Å². The number of rotatable bonds is 1. The van der Waals surface area contributed by atoms with Crippen molar-refractivity contribution < 1.29 is 18.8 Å². The Morgan fingerprint density at radius 1 is 1.00 bits per heavy atom. The summed E-state index contributed by atoms with van der Waals surface area (Å²) in [6.07, 6.45) is 8.38. The molecule has 0 aromatic heterocycles. The van der Waals surface area contributed by atoms with E-state index in [1.165, 1.54) is 0 Å². The van der Waals surface area contributed by atoms with E-state index in [0.29, 0.717) is 25.7 Å². The summed E-state index contributed by atoms with van der Waals surface area (Å²) in [4.78, 5) is 39.9. The predicted octanol–water partition coefficient (Wildman–Crippen LogP) is 6.70. The van der Waals surface area contributed by atoms with Crippen LogP contribution in [-0.2, 0) is 14.4 Å². The van der Waals surface area contributed by atoms with Crippen LogP contribution in [0.1, 0.15) is 93.4 Å². The first-order chi connectivity index (χ1) is 16.5. The zero-order valence-corrected chi connectivity index (χ0v) is 22.9. The zero-order valence-electron chi connectivity index (χ0n) is 22.9. The second kappa shape index (κ2) is 7.27. The van der Waals surface area contributed by atoms with E-state index < -0.39 is 33.6 Å². The van der Waals surface area contributed by atoms with Gasteiger partial charge < -0.3 is 0 Å². The first-order valence-corrected chi connectivity index (χ1v) is 13.6. The number of nitriles is 1. The lowest BCUT2D eigenvalue weighted by Gasteiger charge is -2.68. The summed E-state index contributed by atoms with van der Waals surface area (Å²) in [5, 5.41) is 9.81. The zero-order chi connectivity index (χ0) is 26.7. The molecule has 194 valence electrons. The van der Waals surface area contributed by atoms with Crippen LogP contribution in [-0.4, -0.2) is 17.6 Å². The molecule has 0 spiro atoms. The molecule has 3 fully saturated rings. The van der Waals surface area contributed by atoms with E-state index in [-0.39, 0.29) is 39.8 Å². The Balaban J connectivity index is 1.71. The molecular formula is C31H40FNO3. The number of halogens is 1. The summed E-state index contributed by atoms with van der Waals surface area (Å²) < 4.78 is 14.9. The Bertz CT molecular complexity index is 1190. The van der Waals surface area contributed by atoms with Gasteiger partial charge in [0.05, 0.1) is 11.0 Å². The van der Waals surface area contributed by atoms with Gasteiger partial charge >= 0.3 is 6.04 Å². The topological polar surface area (TPSA) is 75.0 Å². The fourth-order valence-corrected chi connectivity index (χ4v) is 9.98. The van der Waals surface area contributed by atoms with Gasteiger partial charge in [-0.1, -0.05) is 60.1 Å². The summed E-state index contributed by atoms with van der Waals surface area (Å²) in [7, 11) is 0. The van der Waals surface area contributed by atoms with E-state index in [4.69, 9.17) is 0 Å². The summed E-state index contributed by atoms with van der Waals surface area (Å²) >= 11 is 0. The number of Topliss-reactive ketones (excluding diaryl/α,β-unsaturated/α-hetero) is 1. The Kier molecular flexibility index (Phi) is 5.16. The maximum Gasteiger partial charge on any atom is 0.307 e. The maximum absolute atomic E-state index is 14.9. The van der Waals surface area contributed by atoms with Gasteiger partial charge in [0.25, 0.3) is 0 Å². The molecule has 0 aromatic carbocycles. The van der Waals surface area contributed by atoms with Gasteiger partial charge in [-0.15, -0.1) is 0 Å². The van der Waals surface area contributed by atoms with Gasteiger partial charge in [-0.3, -0.25) is 14.4 Å². The molecule has 0 aromatic rings. The number of nitrogens with zero attached hydrogens (tertiary/aromatic N) is 1. The molecule has 5 aliphatic rings. The molecule has 0 radical (unpaired) electrons. The lowest BCUT2D eigenvalue weighted by atomic mass is 9.34. The fraction of sp³-hybridized carbons (Fsp3) is 0.742. The number of carbonyl (C=O) groups excluding carboxylic acids is 3. The minimum Gasteiger partial charge on any atom is -0.295 e. The van der Waals surface area contributed by atoms with Crippen molar-refractivity contribution in [1.82, 2.24) is 0 Å². The van der Waals surface area contributed by atoms with Crippen LogP contribution in [0.3, 0.4) is 0 Å². The van der Waals surface area contributed by atoms with Gasteiger partial charge in [-0.25, -0.2) is 0 Å². The molecule has 7 atom stereocenters. The average molecular weight is 494 g/mol. The van der Waals surface area contributed by atoms with Crippen LogP contribution in [0.4, 0.5) is 4.39 Å². The molecule has 5 aliphatic carbocycles. The molecule has 5 rings (SSSR count). The van der Waals surface area contributed by atoms with Gasteiger partial charge in [0, 0.05) is 16.7 Å². The molecule has 0 saturated heterocycles. The Morgan fingerprint density at radius 2 is 1.64 bits per heavy atom. The summed E-state index contributed by atoms with van der Waals surface area (Å²) in [5.41, 5.74) is -1.95. The van der Waals surface area contributed by atoms with Crippen molar-refractivity contribution in [3.63, 3.8) is 0 Å². The Hall–Kier alpha value is -2.09. The largest absolute Gasteiger partial charge is 0.307 e. The van der Waals surface area contributed by atoms with Crippen molar-refractivity contribution in [3.05, 3.63) is 23.3 Å². The molecule has 5 heteroatoms. The van der Waals surface area contributed by atoms with Crippen molar-refractivity contribution in [2.45, 2.75) is 93.4 Å². The van der Waals surface area contributed by atoms with Crippen LogP contribution < -0.4 is 0 Å². The third-order valence-corrected chi connectivity index (χ3v) is 12.3. The standard InChI is InChI=1S/C31H40FNO3/c1-26(2)10-12-31(25(32)36)13-11-30(7)23(19(31)16-26)20(34)14-22-28(5)15-18(17-33)24(35)27(3,4)21(28)8-9-29(22,30)6/h14-15,19,21,23H,8-13,16H2,1-7H3/t19?,21-,23?,28-,29+,30+,31-/m0/s1. The molecule has 0 N–H and O–H groups in total. The Morgan fingerprint density at radius 3 is 2.25 bits per heavy atom. The third-order valence-electron chi connectivity index (χ3n) is 12.3. The fourth-order valence-electron chi connectivity index (χ4n) is 9.98. The molecule has 2 unspecified atom stereocenters. The second-order valence-electron chi connectivity index (χ2n) is 14.7. The predicted molar refractivity (Wildman–Crippen MR) is 135 cm³/mol. The molecule has 0 heterocycles. The second-order valence-corrected chi connectivity index (χ2v) is 14.7. The monoisotopic (exact) mass is 493 g/mol. The molecule has 4 nitrogen and oxygen atoms in total. The average Bonchev–Trinajstić information content (AvgIpc) is 2.77. The van der Waals surface area contributed by atoms with Gasteiger partial charge in [0.15, 0.2) is 11.6 Å². The molecule has 0 bridgehead atoms. The normalized spacial score (nSPS) is 46.7. The Labute approximate surface area is 214 Å². The number of hydrogen-bond donors (Lipinski definition) is 0. The van der Waals surface area contributed by atoms with E-state index in [1.807, 2.05) is 19.9 Å². The minimum absolute atomic E-state index is 0.00138. The molecule has 0 amide bonds.